The summed E-state index contributed by atoms with van der Waals surface area (Å²) in [5, 5.41) is 7.51. The Morgan fingerprint density at radius 3 is 2.90 bits per heavy atom. The summed E-state index contributed by atoms with van der Waals surface area (Å²) < 4.78 is 7.84. The summed E-state index contributed by atoms with van der Waals surface area (Å²) in [5.74, 6) is 2.11. The Morgan fingerprint density at radius 2 is 2.03 bits per heavy atom. The van der Waals surface area contributed by atoms with Gasteiger partial charge in [0.25, 0.3) is 0 Å². The second-order valence-corrected chi connectivity index (χ2v) is 9.20. The van der Waals surface area contributed by atoms with Crippen LogP contribution in [0.15, 0.2) is 42.7 Å². The van der Waals surface area contributed by atoms with E-state index in [9.17, 15) is 0 Å². The van der Waals surface area contributed by atoms with Gasteiger partial charge in [-0.15, -0.1) is 0 Å². The largest absolute Gasteiger partial charge is 0.495 e. The number of hydrogen-bond donors (Lipinski definition) is 2. The maximum atomic E-state index is 5.56. The van der Waals surface area contributed by atoms with E-state index in [2.05, 4.69) is 49.3 Å². The van der Waals surface area contributed by atoms with Crippen LogP contribution >= 0.6 is 0 Å². The molecular weight excluding hydrogens is 388 g/mol. The molecule has 162 valence electrons. The molecule has 3 aromatic rings. The van der Waals surface area contributed by atoms with Crippen molar-refractivity contribution in [1.29, 1.82) is 0 Å². The molecule has 7 heteroatoms. The van der Waals surface area contributed by atoms with Crippen molar-refractivity contribution in [2.24, 2.45) is 0 Å². The lowest BCUT2D eigenvalue weighted by Gasteiger charge is -2.35. The number of piperazine rings is 1. The monoisotopic (exact) mass is 418 g/mol. The third-order valence-electron chi connectivity index (χ3n) is 7.14. The van der Waals surface area contributed by atoms with Crippen LogP contribution in [0.5, 0.6) is 5.75 Å². The SMILES string of the molecule is COc1cccnc1C1CCCC(c2cn3c(N4CCNC5(CC5)C4)cccc3n2)N1. The molecule has 2 aliphatic heterocycles. The Labute approximate surface area is 182 Å². The zero-order valence-electron chi connectivity index (χ0n) is 18.1. The Kier molecular flexibility index (Phi) is 4.61. The molecule has 0 aromatic carbocycles. The normalized spacial score (nSPS) is 25.1. The minimum atomic E-state index is 0.182. The second kappa shape index (κ2) is 7.50. The number of piperidine rings is 1. The lowest BCUT2D eigenvalue weighted by Crippen LogP contribution is -2.53. The number of methoxy groups -OCH3 is 1. The number of anilines is 1. The number of imidazole rings is 1. The quantitative estimate of drug-likeness (QED) is 0.678. The van der Waals surface area contributed by atoms with E-state index in [-0.39, 0.29) is 12.1 Å². The smallest absolute Gasteiger partial charge is 0.141 e. The van der Waals surface area contributed by atoms with E-state index < -0.39 is 0 Å². The van der Waals surface area contributed by atoms with Gasteiger partial charge in [0.15, 0.2) is 0 Å². The number of rotatable bonds is 4. The average molecular weight is 419 g/mol. The molecule has 3 fully saturated rings. The van der Waals surface area contributed by atoms with Gasteiger partial charge in [0, 0.05) is 37.6 Å². The molecule has 2 saturated heterocycles. The average Bonchev–Trinajstić information content (AvgIpc) is 3.41. The zero-order chi connectivity index (χ0) is 20.8. The molecule has 2 N–H and O–H groups in total. The predicted molar refractivity (Wildman–Crippen MR) is 121 cm³/mol. The van der Waals surface area contributed by atoms with Gasteiger partial charge in [-0.1, -0.05) is 6.07 Å². The van der Waals surface area contributed by atoms with E-state index in [1.54, 1.807) is 7.11 Å². The summed E-state index contributed by atoms with van der Waals surface area (Å²) in [7, 11) is 1.71. The number of pyridine rings is 2. The van der Waals surface area contributed by atoms with Crippen molar-refractivity contribution >= 4 is 11.5 Å². The van der Waals surface area contributed by atoms with Crippen LogP contribution in [0, 0.1) is 0 Å². The molecular formula is C24H30N6O. The van der Waals surface area contributed by atoms with Crippen molar-refractivity contribution in [3.8, 4) is 5.75 Å². The highest BCUT2D eigenvalue weighted by molar-refractivity contribution is 5.54. The number of fused-ring (bicyclic) bond motifs is 1. The van der Waals surface area contributed by atoms with E-state index in [1.165, 1.54) is 18.7 Å². The van der Waals surface area contributed by atoms with Gasteiger partial charge in [-0.05, 0) is 56.4 Å². The van der Waals surface area contributed by atoms with E-state index in [1.807, 2.05) is 18.3 Å². The molecule has 6 rings (SSSR count). The summed E-state index contributed by atoms with van der Waals surface area (Å²) in [4.78, 5) is 12.2. The fourth-order valence-corrected chi connectivity index (χ4v) is 5.30. The standard InChI is InChI=1S/C24H30N6O/c1-31-20-7-4-12-25-23(20)18-6-2-5-17(27-18)19-15-30-21(28-19)8-3-9-22(30)29-14-13-26-24(16-29)10-11-24/h3-4,7-9,12,15,17-18,26-27H,2,5-6,10-11,13-14,16H2,1H3. The van der Waals surface area contributed by atoms with Crippen LogP contribution in [-0.2, 0) is 0 Å². The Hall–Kier alpha value is -2.64. The highest BCUT2D eigenvalue weighted by atomic mass is 16.5. The van der Waals surface area contributed by atoms with Gasteiger partial charge >= 0.3 is 0 Å². The first-order valence-corrected chi connectivity index (χ1v) is 11.5. The minimum Gasteiger partial charge on any atom is -0.495 e. The number of ether oxygens (including phenoxy) is 1. The van der Waals surface area contributed by atoms with Crippen LogP contribution in [0.2, 0.25) is 0 Å². The van der Waals surface area contributed by atoms with Crippen LogP contribution in [0.3, 0.4) is 0 Å². The van der Waals surface area contributed by atoms with Gasteiger partial charge in [-0.3, -0.25) is 9.38 Å². The molecule has 7 nitrogen and oxygen atoms in total. The fraction of sp³-hybridized carbons (Fsp3) is 0.500. The van der Waals surface area contributed by atoms with Crippen LogP contribution < -0.4 is 20.3 Å². The first kappa shape index (κ1) is 19.1. The topological polar surface area (TPSA) is 66.7 Å². The summed E-state index contributed by atoms with van der Waals surface area (Å²) in [6.07, 6.45) is 9.95. The molecule has 1 saturated carbocycles. The van der Waals surface area contributed by atoms with Gasteiger partial charge in [0.05, 0.1) is 30.6 Å². The first-order chi connectivity index (χ1) is 15.2. The molecule has 0 amide bonds. The van der Waals surface area contributed by atoms with Crippen molar-refractivity contribution in [2.75, 3.05) is 31.6 Å². The van der Waals surface area contributed by atoms with Crippen molar-refractivity contribution in [3.05, 3.63) is 54.1 Å². The molecule has 1 aliphatic carbocycles. The van der Waals surface area contributed by atoms with Gasteiger partial charge < -0.3 is 20.3 Å². The summed E-state index contributed by atoms with van der Waals surface area (Å²) in [6.45, 7) is 3.18. The van der Waals surface area contributed by atoms with Crippen LogP contribution in [0.25, 0.3) is 5.65 Å². The number of nitrogens with one attached hydrogen (secondary N) is 2. The minimum absolute atomic E-state index is 0.182. The lowest BCUT2D eigenvalue weighted by atomic mass is 9.94. The van der Waals surface area contributed by atoms with E-state index in [4.69, 9.17) is 9.72 Å². The van der Waals surface area contributed by atoms with Crippen LogP contribution in [0.4, 0.5) is 5.82 Å². The molecule has 1 spiro atoms. The van der Waals surface area contributed by atoms with Gasteiger partial charge in [0.2, 0.25) is 0 Å². The second-order valence-electron chi connectivity index (χ2n) is 9.20. The zero-order valence-corrected chi connectivity index (χ0v) is 18.1. The fourth-order valence-electron chi connectivity index (χ4n) is 5.30. The van der Waals surface area contributed by atoms with Crippen molar-refractivity contribution in [2.45, 2.75) is 49.7 Å². The van der Waals surface area contributed by atoms with Crippen LogP contribution in [-0.4, -0.2) is 46.7 Å². The summed E-state index contributed by atoms with van der Waals surface area (Å²) in [6, 6.07) is 10.8. The lowest BCUT2D eigenvalue weighted by molar-refractivity contribution is 0.310. The molecule has 2 unspecified atom stereocenters. The van der Waals surface area contributed by atoms with Gasteiger partial charge in [0.1, 0.15) is 17.2 Å². The van der Waals surface area contributed by atoms with Crippen molar-refractivity contribution in [1.82, 2.24) is 25.0 Å². The number of nitrogens with zero attached hydrogens (tertiary/aromatic N) is 4. The van der Waals surface area contributed by atoms with Crippen molar-refractivity contribution in [3.63, 3.8) is 0 Å². The summed E-state index contributed by atoms with van der Waals surface area (Å²) >= 11 is 0. The highest BCUT2D eigenvalue weighted by Crippen LogP contribution is 2.39. The molecule has 0 bridgehead atoms. The molecule has 3 aromatic heterocycles. The summed E-state index contributed by atoms with van der Waals surface area (Å²) in [5.41, 5.74) is 3.48. The predicted octanol–water partition coefficient (Wildman–Crippen LogP) is 3.24. The molecule has 0 radical (unpaired) electrons. The highest BCUT2D eigenvalue weighted by Gasteiger charge is 2.45. The van der Waals surface area contributed by atoms with E-state index in [0.29, 0.717) is 5.54 Å². The van der Waals surface area contributed by atoms with Gasteiger partial charge in [-0.2, -0.15) is 0 Å². The van der Waals surface area contributed by atoms with E-state index in [0.717, 1.165) is 61.7 Å². The Bertz CT molecular complexity index is 1090. The molecule has 3 aliphatic rings. The van der Waals surface area contributed by atoms with E-state index >= 15 is 0 Å². The number of aromatic nitrogens is 3. The third-order valence-corrected chi connectivity index (χ3v) is 7.14. The molecule has 2 atom stereocenters. The third kappa shape index (κ3) is 3.46. The Morgan fingerprint density at radius 1 is 1.13 bits per heavy atom. The molecule has 5 heterocycles. The van der Waals surface area contributed by atoms with Crippen molar-refractivity contribution < 1.29 is 4.74 Å². The van der Waals surface area contributed by atoms with Crippen LogP contribution in [0.1, 0.15) is 55.6 Å². The van der Waals surface area contributed by atoms with Gasteiger partial charge in [-0.25, -0.2) is 4.98 Å². The first-order valence-electron chi connectivity index (χ1n) is 11.5. The maximum Gasteiger partial charge on any atom is 0.141 e. The Balaban J connectivity index is 1.28. The number of hydrogen-bond acceptors (Lipinski definition) is 6. The molecule has 31 heavy (non-hydrogen) atoms. The maximum absolute atomic E-state index is 5.56.